The van der Waals surface area contributed by atoms with E-state index in [2.05, 4.69) is 25.3 Å². The van der Waals surface area contributed by atoms with Crippen molar-refractivity contribution in [2.24, 2.45) is 0 Å². The Hall–Kier alpha value is -4.92. The second-order valence-corrected chi connectivity index (χ2v) is 10.5. The van der Waals surface area contributed by atoms with Crippen LogP contribution in [0, 0.1) is 11.6 Å². The molecule has 2 aliphatic rings. The molecular formula is C29H33F2N9O4. The number of piperidine rings is 1. The van der Waals surface area contributed by atoms with E-state index in [0.29, 0.717) is 49.7 Å². The van der Waals surface area contributed by atoms with Gasteiger partial charge in [0.1, 0.15) is 23.7 Å². The van der Waals surface area contributed by atoms with Gasteiger partial charge in [-0.3, -0.25) is 14.6 Å². The third kappa shape index (κ3) is 6.22. The van der Waals surface area contributed by atoms with Gasteiger partial charge in [0.25, 0.3) is 0 Å². The molecule has 232 valence electrons. The van der Waals surface area contributed by atoms with Crippen LogP contribution in [0.5, 0.6) is 11.5 Å². The van der Waals surface area contributed by atoms with Crippen molar-refractivity contribution in [3.05, 3.63) is 60.2 Å². The van der Waals surface area contributed by atoms with Gasteiger partial charge in [-0.25, -0.2) is 28.5 Å². The van der Waals surface area contributed by atoms with Crippen LogP contribution in [0.1, 0.15) is 18.4 Å². The molecule has 1 fully saturated rings. The van der Waals surface area contributed by atoms with Gasteiger partial charge in [0.05, 0.1) is 20.8 Å². The number of nitrogens with one attached hydrogen (secondary N) is 1. The maximum absolute atomic E-state index is 15.6. The summed E-state index contributed by atoms with van der Waals surface area (Å²) in [6.07, 6.45) is 8.59. The number of benzene rings is 1. The van der Waals surface area contributed by atoms with Gasteiger partial charge in [0.15, 0.2) is 23.1 Å². The number of hydrogen-bond acceptors (Lipinski definition) is 10. The van der Waals surface area contributed by atoms with E-state index in [9.17, 15) is 9.59 Å². The predicted octanol–water partition coefficient (Wildman–Crippen LogP) is 3.36. The second kappa shape index (κ2) is 13.2. The molecule has 0 radical (unpaired) electrons. The molecule has 0 saturated carbocycles. The molecule has 2 aromatic heterocycles. The number of urea groups is 1. The number of aromatic nitrogens is 4. The Morgan fingerprint density at radius 1 is 1.14 bits per heavy atom. The number of rotatable bonds is 9. The van der Waals surface area contributed by atoms with Gasteiger partial charge in [-0.2, -0.15) is 4.98 Å². The lowest BCUT2D eigenvalue weighted by Crippen LogP contribution is -2.56. The number of likely N-dealkylation sites (N-methyl/N-ethyl adjacent to an activating group) is 1. The van der Waals surface area contributed by atoms with Crippen LogP contribution < -0.4 is 24.6 Å². The summed E-state index contributed by atoms with van der Waals surface area (Å²) in [4.78, 5) is 50.1. The summed E-state index contributed by atoms with van der Waals surface area (Å²) in [7, 11) is 6.30. The minimum atomic E-state index is -1.05. The molecule has 3 amide bonds. The maximum Gasteiger partial charge on any atom is 0.330 e. The molecule has 0 spiro atoms. The summed E-state index contributed by atoms with van der Waals surface area (Å²) in [6, 6.07) is 1.60. The van der Waals surface area contributed by atoms with Crippen molar-refractivity contribution >= 4 is 35.2 Å². The molecule has 15 heteroatoms. The number of carbonyl (C=O) groups is 2. The van der Waals surface area contributed by atoms with Crippen molar-refractivity contribution in [1.82, 2.24) is 29.7 Å². The van der Waals surface area contributed by atoms with Gasteiger partial charge in [-0.1, -0.05) is 6.08 Å². The van der Waals surface area contributed by atoms with Crippen molar-refractivity contribution in [2.45, 2.75) is 25.4 Å². The minimum Gasteiger partial charge on any atom is -0.493 e. The molecule has 1 aromatic carbocycles. The van der Waals surface area contributed by atoms with Gasteiger partial charge >= 0.3 is 6.03 Å². The fourth-order valence-corrected chi connectivity index (χ4v) is 5.14. The van der Waals surface area contributed by atoms with Gasteiger partial charge in [0, 0.05) is 55.8 Å². The zero-order valence-corrected chi connectivity index (χ0v) is 24.8. The van der Waals surface area contributed by atoms with Crippen molar-refractivity contribution in [3.8, 4) is 11.5 Å². The average molecular weight is 610 g/mol. The molecule has 4 heterocycles. The van der Waals surface area contributed by atoms with E-state index in [-0.39, 0.29) is 29.9 Å². The lowest BCUT2D eigenvalue weighted by Gasteiger charge is -2.43. The molecule has 3 aromatic rings. The average Bonchev–Trinajstić information content (AvgIpc) is 3.02. The molecule has 0 bridgehead atoms. The highest BCUT2D eigenvalue weighted by Crippen LogP contribution is 2.41. The predicted molar refractivity (Wildman–Crippen MR) is 158 cm³/mol. The zero-order valence-electron chi connectivity index (χ0n) is 24.8. The van der Waals surface area contributed by atoms with Crippen molar-refractivity contribution in [2.75, 3.05) is 63.1 Å². The first-order valence-electron chi connectivity index (χ1n) is 13.9. The summed E-state index contributed by atoms with van der Waals surface area (Å²) >= 11 is 0. The number of hydrogen-bond donors (Lipinski definition) is 1. The first kappa shape index (κ1) is 30.5. The van der Waals surface area contributed by atoms with Gasteiger partial charge in [-0.05, 0) is 33.0 Å². The summed E-state index contributed by atoms with van der Waals surface area (Å²) < 4.78 is 41.4. The molecule has 5 rings (SSSR count). The van der Waals surface area contributed by atoms with E-state index in [0.717, 1.165) is 11.0 Å². The molecule has 0 aliphatic carbocycles. The van der Waals surface area contributed by atoms with Gasteiger partial charge < -0.3 is 24.6 Å². The molecular weight excluding hydrogens is 576 g/mol. The van der Waals surface area contributed by atoms with E-state index >= 15 is 8.78 Å². The van der Waals surface area contributed by atoms with Crippen LogP contribution in [-0.4, -0.2) is 95.7 Å². The SMILES string of the molecule is COc1cc(OC)c(F)c(N2Cc3cnc(Nc4ccncn4)nc3N(C3CCN(C(=O)/C=C/CN(C)C)CC3)C2=O)c1F. The number of amides is 3. The van der Waals surface area contributed by atoms with Gasteiger partial charge in [0.2, 0.25) is 11.9 Å². The van der Waals surface area contributed by atoms with E-state index in [1.807, 2.05) is 19.0 Å². The Morgan fingerprint density at radius 2 is 1.84 bits per heavy atom. The molecule has 44 heavy (non-hydrogen) atoms. The molecule has 0 unspecified atom stereocenters. The van der Waals surface area contributed by atoms with E-state index in [1.165, 1.54) is 31.6 Å². The zero-order chi connectivity index (χ0) is 31.4. The molecule has 0 atom stereocenters. The highest BCUT2D eigenvalue weighted by Gasteiger charge is 2.41. The van der Waals surface area contributed by atoms with Crippen LogP contribution in [0.25, 0.3) is 0 Å². The normalized spacial score (nSPS) is 15.6. The fraction of sp³-hybridized carbons (Fsp3) is 0.379. The first-order valence-corrected chi connectivity index (χ1v) is 13.9. The van der Waals surface area contributed by atoms with Crippen LogP contribution >= 0.6 is 0 Å². The van der Waals surface area contributed by atoms with Crippen LogP contribution in [0.4, 0.5) is 36.8 Å². The Labute approximate surface area is 253 Å². The quantitative estimate of drug-likeness (QED) is 0.361. The minimum absolute atomic E-state index is 0.122. The third-order valence-electron chi connectivity index (χ3n) is 7.35. The van der Waals surface area contributed by atoms with Gasteiger partial charge in [-0.15, -0.1) is 0 Å². The van der Waals surface area contributed by atoms with Crippen LogP contribution in [0.2, 0.25) is 0 Å². The lowest BCUT2D eigenvalue weighted by molar-refractivity contribution is -0.127. The molecule has 1 saturated heterocycles. The number of likely N-dealkylation sites (tertiary alicyclic amines) is 1. The number of anilines is 4. The van der Waals surface area contributed by atoms with Crippen molar-refractivity contribution in [3.63, 3.8) is 0 Å². The monoisotopic (exact) mass is 609 g/mol. The van der Waals surface area contributed by atoms with Crippen LogP contribution in [0.3, 0.4) is 0 Å². The topological polar surface area (TPSA) is 129 Å². The van der Waals surface area contributed by atoms with E-state index < -0.39 is 29.4 Å². The smallest absolute Gasteiger partial charge is 0.330 e. The highest BCUT2D eigenvalue weighted by atomic mass is 19.1. The fourth-order valence-electron chi connectivity index (χ4n) is 5.14. The number of nitrogens with zero attached hydrogens (tertiary/aromatic N) is 8. The lowest BCUT2D eigenvalue weighted by atomic mass is 10.0. The second-order valence-electron chi connectivity index (χ2n) is 10.5. The van der Waals surface area contributed by atoms with Crippen LogP contribution in [-0.2, 0) is 11.3 Å². The number of methoxy groups -OCH3 is 2. The first-order chi connectivity index (χ1) is 21.2. The summed E-state index contributed by atoms with van der Waals surface area (Å²) in [5.41, 5.74) is -0.146. The number of ether oxygens (including phenoxy) is 2. The Morgan fingerprint density at radius 3 is 2.45 bits per heavy atom. The molecule has 2 aliphatic heterocycles. The van der Waals surface area contributed by atoms with Crippen molar-refractivity contribution in [1.29, 1.82) is 0 Å². The Balaban J connectivity index is 1.50. The Kier molecular flexibility index (Phi) is 9.13. The number of halogens is 2. The molecule has 13 nitrogen and oxygen atoms in total. The van der Waals surface area contributed by atoms with E-state index in [4.69, 9.17) is 9.47 Å². The number of carbonyl (C=O) groups excluding carboxylic acids is 2. The maximum atomic E-state index is 15.6. The summed E-state index contributed by atoms with van der Waals surface area (Å²) in [5.74, 6) is -1.86. The third-order valence-corrected chi connectivity index (χ3v) is 7.35. The Bertz CT molecular complexity index is 1520. The standard InChI is InChI=1S/C29H33F2N9O4/c1-37(2)11-5-6-23(41)38-12-8-19(9-13-38)40-27-18(15-33-28(36-27)35-22-7-10-32-17-34-22)16-39(29(40)42)26-24(30)20(43-3)14-21(44-4)25(26)31/h5-7,10,14-15,17,19H,8-9,11-13,16H2,1-4H3,(H,32,33,34,35,36)/b6-5+. The highest BCUT2D eigenvalue weighted by molar-refractivity contribution is 6.06. The number of fused-ring (bicyclic) bond motifs is 1. The van der Waals surface area contributed by atoms with E-state index in [1.54, 1.807) is 29.3 Å². The largest absolute Gasteiger partial charge is 0.493 e. The van der Waals surface area contributed by atoms with Crippen molar-refractivity contribution < 1.29 is 27.8 Å². The van der Waals surface area contributed by atoms with Crippen LogP contribution in [0.15, 0.2) is 43.0 Å². The molecule has 1 N–H and O–H groups in total. The summed E-state index contributed by atoms with van der Waals surface area (Å²) in [6.45, 7) is 1.17. The summed E-state index contributed by atoms with van der Waals surface area (Å²) in [5, 5.41) is 2.99.